The molecule has 1 aromatic rings. The molecule has 0 aliphatic carbocycles. The van der Waals surface area contributed by atoms with Gasteiger partial charge in [0.1, 0.15) is 0 Å². The van der Waals surface area contributed by atoms with Crippen molar-refractivity contribution in [1.82, 2.24) is 15.0 Å². The number of ether oxygens (including phenoxy) is 1. The molecule has 0 amide bonds. The average molecular weight is 309 g/mol. The summed E-state index contributed by atoms with van der Waals surface area (Å²) in [5, 5.41) is 11.7. The molecule has 1 aliphatic rings. The Morgan fingerprint density at radius 3 is 2.59 bits per heavy atom. The molecule has 0 bridgehead atoms. The molecule has 1 saturated heterocycles. The first-order valence-electron chi connectivity index (χ1n) is 7.69. The number of aliphatic carboxylic acids is 1. The van der Waals surface area contributed by atoms with E-state index in [1.807, 2.05) is 0 Å². The van der Waals surface area contributed by atoms with Gasteiger partial charge in [-0.05, 0) is 19.3 Å². The van der Waals surface area contributed by atoms with Crippen LogP contribution in [0.4, 0.5) is 11.9 Å². The number of hydrogen-bond acceptors (Lipinski definition) is 7. The largest absolute Gasteiger partial charge is 0.481 e. The van der Waals surface area contributed by atoms with Crippen molar-refractivity contribution in [3.05, 3.63) is 0 Å². The van der Waals surface area contributed by atoms with Crippen LogP contribution in [0.1, 0.15) is 38.5 Å². The zero-order valence-electron chi connectivity index (χ0n) is 12.9. The molecule has 0 aromatic carbocycles. The van der Waals surface area contributed by atoms with Gasteiger partial charge < -0.3 is 20.1 Å². The Kier molecular flexibility index (Phi) is 6.17. The molecule has 0 radical (unpaired) electrons. The number of nitrogens with zero attached hydrogens (tertiary/aromatic N) is 4. The standard InChI is InChI=1S/C14H23N5O3/c1-22-14-17-12(15-8-6-7-11(20)21)16-13(18-14)19-9-4-2-3-5-10-19/h2-10H2,1H3,(H,20,21)(H,15,16,17,18). The lowest BCUT2D eigenvalue weighted by atomic mass is 10.2. The van der Waals surface area contributed by atoms with Crippen LogP contribution in [0.15, 0.2) is 0 Å². The maximum Gasteiger partial charge on any atom is 0.322 e. The first kappa shape index (κ1) is 16.3. The lowest BCUT2D eigenvalue weighted by Gasteiger charge is -2.20. The van der Waals surface area contributed by atoms with Crippen LogP contribution in [0.3, 0.4) is 0 Å². The number of rotatable bonds is 7. The Morgan fingerprint density at radius 1 is 1.23 bits per heavy atom. The van der Waals surface area contributed by atoms with E-state index in [4.69, 9.17) is 9.84 Å². The number of carboxylic acids is 1. The maximum absolute atomic E-state index is 10.5. The number of carboxylic acid groups (broad SMARTS) is 1. The molecule has 0 atom stereocenters. The molecule has 2 rings (SSSR count). The molecule has 1 aromatic heterocycles. The lowest BCUT2D eigenvalue weighted by molar-refractivity contribution is -0.137. The first-order chi connectivity index (χ1) is 10.7. The minimum atomic E-state index is -0.805. The van der Waals surface area contributed by atoms with Crippen molar-refractivity contribution >= 4 is 17.9 Å². The van der Waals surface area contributed by atoms with Crippen molar-refractivity contribution < 1.29 is 14.6 Å². The minimum Gasteiger partial charge on any atom is -0.481 e. The van der Waals surface area contributed by atoms with Crippen LogP contribution >= 0.6 is 0 Å². The zero-order valence-corrected chi connectivity index (χ0v) is 12.9. The molecular weight excluding hydrogens is 286 g/mol. The summed E-state index contributed by atoms with van der Waals surface area (Å²) < 4.78 is 5.14. The van der Waals surface area contributed by atoms with Crippen LogP contribution in [0, 0.1) is 0 Å². The number of methoxy groups -OCH3 is 1. The molecule has 22 heavy (non-hydrogen) atoms. The van der Waals surface area contributed by atoms with Gasteiger partial charge in [-0.2, -0.15) is 15.0 Å². The number of nitrogens with one attached hydrogen (secondary N) is 1. The van der Waals surface area contributed by atoms with Crippen LogP contribution in [-0.2, 0) is 4.79 Å². The monoisotopic (exact) mass is 309 g/mol. The van der Waals surface area contributed by atoms with Gasteiger partial charge in [-0.15, -0.1) is 0 Å². The van der Waals surface area contributed by atoms with E-state index >= 15 is 0 Å². The van der Waals surface area contributed by atoms with E-state index in [2.05, 4.69) is 25.2 Å². The first-order valence-corrected chi connectivity index (χ1v) is 7.69. The number of anilines is 2. The third kappa shape index (κ3) is 5.01. The fourth-order valence-corrected chi connectivity index (χ4v) is 2.37. The van der Waals surface area contributed by atoms with E-state index in [1.54, 1.807) is 0 Å². The summed E-state index contributed by atoms with van der Waals surface area (Å²) in [6, 6.07) is 0.273. The second-order valence-electron chi connectivity index (χ2n) is 5.27. The summed E-state index contributed by atoms with van der Waals surface area (Å²) in [5.41, 5.74) is 0. The summed E-state index contributed by atoms with van der Waals surface area (Å²) in [7, 11) is 1.52. The number of carbonyl (C=O) groups is 1. The van der Waals surface area contributed by atoms with Gasteiger partial charge in [0, 0.05) is 26.1 Å². The van der Waals surface area contributed by atoms with Crippen molar-refractivity contribution in [1.29, 1.82) is 0 Å². The molecule has 0 saturated carbocycles. The Balaban J connectivity index is 2.02. The summed E-state index contributed by atoms with van der Waals surface area (Å²) in [4.78, 5) is 25.6. The van der Waals surface area contributed by atoms with Gasteiger partial charge in [-0.25, -0.2) is 0 Å². The smallest absolute Gasteiger partial charge is 0.322 e. The van der Waals surface area contributed by atoms with Crippen molar-refractivity contribution in [3.63, 3.8) is 0 Å². The van der Waals surface area contributed by atoms with Crippen LogP contribution in [0.5, 0.6) is 6.01 Å². The van der Waals surface area contributed by atoms with Gasteiger partial charge in [-0.1, -0.05) is 12.8 Å². The molecule has 0 spiro atoms. The Morgan fingerprint density at radius 2 is 1.95 bits per heavy atom. The van der Waals surface area contributed by atoms with Crippen LogP contribution in [0.25, 0.3) is 0 Å². The Labute approximate surface area is 129 Å². The maximum atomic E-state index is 10.5. The highest BCUT2D eigenvalue weighted by Crippen LogP contribution is 2.19. The second-order valence-corrected chi connectivity index (χ2v) is 5.27. The molecule has 8 heteroatoms. The van der Waals surface area contributed by atoms with E-state index in [0.717, 1.165) is 25.9 Å². The summed E-state index contributed by atoms with van der Waals surface area (Å²) in [6.07, 6.45) is 5.37. The topological polar surface area (TPSA) is 100 Å². The lowest BCUT2D eigenvalue weighted by Crippen LogP contribution is -2.26. The third-order valence-electron chi connectivity index (χ3n) is 3.53. The Hall–Kier alpha value is -2.12. The van der Waals surface area contributed by atoms with E-state index in [-0.39, 0.29) is 12.4 Å². The van der Waals surface area contributed by atoms with Crippen LogP contribution in [-0.4, -0.2) is 52.8 Å². The van der Waals surface area contributed by atoms with Crippen LogP contribution in [0.2, 0.25) is 0 Å². The fourth-order valence-electron chi connectivity index (χ4n) is 2.37. The van der Waals surface area contributed by atoms with Crippen molar-refractivity contribution in [2.24, 2.45) is 0 Å². The van der Waals surface area contributed by atoms with Gasteiger partial charge in [-0.3, -0.25) is 4.79 Å². The molecule has 0 unspecified atom stereocenters. The highest BCUT2D eigenvalue weighted by molar-refractivity contribution is 5.66. The normalized spacial score (nSPS) is 15.2. The average Bonchev–Trinajstić information content (AvgIpc) is 2.80. The van der Waals surface area contributed by atoms with E-state index in [9.17, 15) is 4.79 Å². The van der Waals surface area contributed by atoms with E-state index < -0.39 is 5.97 Å². The van der Waals surface area contributed by atoms with Crippen molar-refractivity contribution in [3.8, 4) is 6.01 Å². The predicted molar refractivity (Wildman–Crippen MR) is 82.4 cm³/mol. The van der Waals surface area contributed by atoms with Crippen molar-refractivity contribution in [2.45, 2.75) is 38.5 Å². The SMILES string of the molecule is COc1nc(NCCCC(=O)O)nc(N2CCCCCC2)n1. The minimum absolute atomic E-state index is 0.119. The Bertz CT molecular complexity index is 489. The number of hydrogen-bond donors (Lipinski definition) is 2. The van der Waals surface area contributed by atoms with Gasteiger partial charge >= 0.3 is 12.0 Å². The van der Waals surface area contributed by atoms with Crippen molar-refractivity contribution in [2.75, 3.05) is 37.0 Å². The molecular formula is C14H23N5O3. The van der Waals surface area contributed by atoms with Gasteiger partial charge in [0.05, 0.1) is 7.11 Å². The number of aromatic nitrogens is 3. The summed E-state index contributed by atoms with van der Waals surface area (Å²) in [6.45, 7) is 2.37. The predicted octanol–water partition coefficient (Wildman–Crippen LogP) is 1.54. The fraction of sp³-hybridized carbons (Fsp3) is 0.714. The molecule has 2 N–H and O–H groups in total. The van der Waals surface area contributed by atoms with Gasteiger partial charge in [0.25, 0.3) is 0 Å². The highest BCUT2D eigenvalue weighted by Gasteiger charge is 2.15. The zero-order chi connectivity index (χ0) is 15.8. The third-order valence-corrected chi connectivity index (χ3v) is 3.53. The van der Waals surface area contributed by atoms with E-state index in [1.165, 1.54) is 20.0 Å². The molecule has 1 fully saturated rings. The van der Waals surface area contributed by atoms with Crippen LogP contribution < -0.4 is 15.0 Å². The second kappa shape index (κ2) is 8.35. The quantitative estimate of drug-likeness (QED) is 0.731. The molecule has 122 valence electrons. The molecule has 2 heterocycles. The van der Waals surface area contributed by atoms with Gasteiger partial charge in [0.15, 0.2) is 0 Å². The summed E-state index contributed by atoms with van der Waals surface area (Å²) in [5.74, 6) is 0.242. The molecule has 1 aliphatic heterocycles. The molecule has 8 nitrogen and oxygen atoms in total. The van der Waals surface area contributed by atoms with E-state index in [0.29, 0.717) is 24.9 Å². The summed E-state index contributed by atoms with van der Waals surface area (Å²) >= 11 is 0. The highest BCUT2D eigenvalue weighted by atomic mass is 16.5. The van der Waals surface area contributed by atoms with Gasteiger partial charge in [0.2, 0.25) is 11.9 Å².